The summed E-state index contributed by atoms with van der Waals surface area (Å²) in [5.74, 6) is -0.261. The number of benzene rings is 2. The van der Waals surface area contributed by atoms with E-state index in [1.54, 1.807) is 42.6 Å². The summed E-state index contributed by atoms with van der Waals surface area (Å²) in [6, 6.07) is 16.1. The van der Waals surface area contributed by atoms with Gasteiger partial charge in [0.05, 0.1) is 17.9 Å². The highest BCUT2D eigenvalue weighted by molar-refractivity contribution is 6.08. The minimum absolute atomic E-state index is 0.114. The van der Waals surface area contributed by atoms with Crippen molar-refractivity contribution in [1.82, 2.24) is 4.98 Å². The van der Waals surface area contributed by atoms with Crippen molar-refractivity contribution in [3.05, 3.63) is 95.6 Å². The van der Waals surface area contributed by atoms with E-state index in [4.69, 9.17) is 4.74 Å². The normalized spacial score (nSPS) is 10.9. The molecule has 0 amide bonds. The Hall–Kier alpha value is -3.47. The Morgan fingerprint density at radius 2 is 1.93 bits per heavy atom. The molecule has 1 aromatic heterocycles. The van der Waals surface area contributed by atoms with Crippen molar-refractivity contribution in [3.8, 4) is 11.5 Å². The van der Waals surface area contributed by atoms with Crippen LogP contribution in [-0.4, -0.2) is 22.5 Å². The van der Waals surface area contributed by atoms with E-state index < -0.39 is 0 Å². The number of phenolic OH excluding ortho intramolecular Hbond substituents is 1. The van der Waals surface area contributed by atoms with Gasteiger partial charge in [0, 0.05) is 12.6 Å². The first-order chi connectivity index (χ1) is 13.1. The zero-order valence-corrected chi connectivity index (χ0v) is 14.5. The van der Waals surface area contributed by atoms with Gasteiger partial charge >= 0.3 is 0 Å². The highest BCUT2D eigenvalue weighted by Gasteiger charge is 2.10. The number of aromatic nitrogens is 1. The van der Waals surface area contributed by atoms with Crippen LogP contribution in [0.1, 0.15) is 21.6 Å². The van der Waals surface area contributed by atoms with Gasteiger partial charge in [-0.25, -0.2) is 4.39 Å². The van der Waals surface area contributed by atoms with Crippen LogP contribution in [0.25, 0.3) is 6.08 Å². The van der Waals surface area contributed by atoms with Gasteiger partial charge in [-0.05, 0) is 60.2 Å². The number of carbonyl (C=O) groups is 1. The van der Waals surface area contributed by atoms with Crippen molar-refractivity contribution in [2.24, 2.45) is 0 Å². The number of hydrogen-bond acceptors (Lipinski definition) is 4. The Bertz CT molecular complexity index is 938. The maximum atomic E-state index is 12.9. The third kappa shape index (κ3) is 5.25. The summed E-state index contributed by atoms with van der Waals surface area (Å²) in [6.07, 6.45) is 5.19. The number of ketones is 1. The quantitative estimate of drug-likeness (QED) is 0.498. The average molecular weight is 363 g/mol. The third-order valence-corrected chi connectivity index (χ3v) is 3.90. The molecule has 0 spiro atoms. The summed E-state index contributed by atoms with van der Waals surface area (Å²) in [4.78, 5) is 16.5. The fraction of sp³-hybridized carbons (Fsp3) is 0.0909. The van der Waals surface area contributed by atoms with E-state index in [1.165, 1.54) is 30.3 Å². The highest BCUT2D eigenvalue weighted by atomic mass is 19.1. The monoisotopic (exact) mass is 363 g/mol. The van der Waals surface area contributed by atoms with Gasteiger partial charge in [0.25, 0.3) is 0 Å². The molecule has 0 unspecified atom stereocenters. The zero-order valence-electron chi connectivity index (χ0n) is 14.5. The molecule has 0 atom stereocenters. The number of aromatic hydroxyl groups is 1. The van der Waals surface area contributed by atoms with Crippen LogP contribution in [0.4, 0.5) is 4.39 Å². The molecule has 0 saturated heterocycles. The van der Waals surface area contributed by atoms with Crippen molar-refractivity contribution in [2.75, 3.05) is 6.61 Å². The van der Waals surface area contributed by atoms with Gasteiger partial charge in [-0.3, -0.25) is 9.78 Å². The predicted molar refractivity (Wildman–Crippen MR) is 101 cm³/mol. The summed E-state index contributed by atoms with van der Waals surface area (Å²) in [6.45, 7) is 0.369. The molecule has 0 saturated carbocycles. The molecular formula is C22H18FNO3. The van der Waals surface area contributed by atoms with Crippen LogP contribution in [0, 0.1) is 5.82 Å². The lowest BCUT2D eigenvalue weighted by atomic mass is 10.1. The molecule has 0 aliphatic carbocycles. The van der Waals surface area contributed by atoms with Gasteiger partial charge in [-0.1, -0.05) is 18.2 Å². The number of ether oxygens (including phenoxy) is 1. The smallest absolute Gasteiger partial charge is 0.189 e. The van der Waals surface area contributed by atoms with Gasteiger partial charge < -0.3 is 9.84 Å². The number of phenols is 1. The number of pyridine rings is 1. The number of hydrogen-bond donors (Lipinski definition) is 1. The summed E-state index contributed by atoms with van der Waals surface area (Å²) in [5, 5.41) is 9.97. The number of rotatable bonds is 7. The lowest BCUT2D eigenvalue weighted by Gasteiger charge is -2.08. The molecule has 0 bridgehead atoms. The second-order valence-corrected chi connectivity index (χ2v) is 5.86. The average Bonchev–Trinajstić information content (AvgIpc) is 2.70. The van der Waals surface area contributed by atoms with Gasteiger partial charge in [0.15, 0.2) is 5.78 Å². The van der Waals surface area contributed by atoms with Crippen molar-refractivity contribution in [2.45, 2.75) is 6.42 Å². The predicted octanol–water partition coefficient (Wildman–Crippen LogP) is 4.44. The van der Waals surface area contributed by atoms with Crippen molar-refractivity contribution >= 4 is 11.9 Å². The molecule has 1 N–H and O–H groups in total. The van der Waals surface area contributed by atoms with Gasteiger partial charge in [-0.15, -0.1) is 0 Å². The molecule has 3 aromatic rings. The van der Waals surface area contributed by atoms with E-state index in [1.807, 2.05) is 6.07 Å². The molecule has 27 heavy (non-hydrogen) atoms. The summed E-state index contributed by atoms with van der Waals surface area (Å²) in [7, 11) is 0. The van der Waals surface area contributed by atoms with E-state index in [2.05, 4.69) is 4.98 Å². The summed E-state index contributed by atoms with van der Waals surface area (Å²) < 4.78 is 18.6. The van der Waals surface area contributed by atoms with Gasteiger partial charge in [0.2, 0.25) is 0 Å². The van der Waals surface area contributed by atoms with Crippen molar-refractivity contribution in [1.29, 1.82) is 0 Å². The van der Waals surface area contributed by atoms with E-state index in [0.717, 1.165) is 5.56 Å². The molecular weight excluding hydrogens is 345 g/mol. The fourth-order valence-corrected chi connectivity index (χ4v) is 2.47. The lowest BCUT2D eigenvalue weighted by Crippen LogP contribution is -2.03. The molecule has 4 nitrogen and oxygen atoms in total. The van der Waals surface area contributed by atoms with Crippen LogP contribution >= 0.6 is 0 Å². The first-order valence-corrected chi connectivity index (χ1v) is 8.45. The molecule has 0 fully saturated rings. The van der Waals surface area contributed by atoms with Crippen molar-refractivity contribution in [3.63, 3.8) is 0 Å². The zero-order chi connectivity index (χ0) is 19.1. The van der Waals surface area contributed by atoms with E-state index in [0.29, 0.717) is 24.5 Å². The lowest BCUT2D eigenvalue weighted by molar-refractivity contribution is 0.104. The standard InChI is InChI=1S/C22H18FNO3/c23-17-6-4-16(5-7-17)12-14-27-19-9-11-22(26)20(15-19)21(25)10-8-18-3-1-2-13-24-18/h1-11,13,15,26H,12,14H2. The van der Waals surface area contributed by atoms with Crippen LogP contribution in [0.3, 0.4) is 0 Å². The van der Waals surface area contributed by atoms with E-state index in [9.17, 15) is 14.3 Å². The number of allylic oxidation sites excluding steroid dienone is 1. The molecule has 136 valence electrons. The Balaban J connectivity index is 1.64. The maximum absolute atomic E-state index is 12.9. The van der Waals surface area contributed by atoms with Crippen LogP contribution in [0.15, 0.2) is 72.9 Å². The summed E-state index contributed by atoms with van der Waals surface area (Å²) in [5.41, 5.74) is 1.75. The van der Waals surface area contributed by atoms with Crippen LogP contribution in [0.2, 0.25) is 0 Å². The van der Waals surface area contributed by atoms with Crippen LogP contribution < -0.4 is 4.74 Å². The Labute approximate surface area is 156 Å². The summed E-state index contributed by atoms with van der Waals surface area (Å²) >= 11 is 0. The minimum atomic E-state index is -0.345. The van der Waals surface area contributed by atoms with Gasteiger partial charge in [0.1, 0.15) is 17.3 Å². The minimum Gasteiger partial charge on any atom is -0.507 e. The Morgan fingerprint density at radius 3 is 2.67 bits per heavy atom. The van der Waals surface area contributed by atoms with E-state index >= 15 is 0 Å². The SMILES string of the molecule is O=C(C=Cc1ccccn1)c1cc(OCCc2ccc(F)cc2)ccc1O. The molecule has 5 heteroatoms. The highest BCUT2D eigenvalue weighted by Crippen LogP contribution is 2.24. The molecule has 1 heterocycles. The van der Waals surface area contributed by atoms with E-state index in [-0.39, 0.29) is 22.9 Å². The van der Waals surface area contributed by atoms with Crippen LogP contribution in [-0.2, 0) is 6.42 Å². The maximum Gasteiger partial charge on any atom is 0.189 e. The number of halogens is 1. The second kappa shape index (κ2) is 8.76. The van der Waals surface area contributed by atoms with Crippen molar-refractivity contribution < 1.29 is 19.0 Å². The molecule has 0 aliphatic heterocycles. The molecule has 2 aromatic carbocycles. The number of nitrogens with zero attached hydrogens (tertiary/aromatic N) is 1. The Morgan fingerprint density at radius 1 is 1.11 bits per heavy atom. The van der Waals surface area contributed by atoms with Crippen LogP contribution in [0.5, 0.6) is 11.5 Å². The second-order valence-electron chi connectivity index (χ2n) is 5.86. The fourth-order valence-electron chi connectivity index (χ4n) is 2.47. The molecule has 3 rings (SSSR count). The topological polar surface area (TPSA) is 59.4 Å². The number of carbonyl (C=O) groups excluding carboxylic acids is 1. The molecule has 0 aliphatic rings. The largest absolute Gasteiger partial charge is 0.507 e. The first-order valence-electron chi connectivity index (χ1n) is 8.45. The third-order valence-electron chi connectivity index (χ3n) is 3.90. The first kappa shape index (κ1) is 18.3. The molecule has 0 radical (unpaired) electrons. The Kier molecular flexibility index (Phi) is 5.94. The van der Waals surface area contributed by atoms with Gasteiger partial charge in [-0.2, -0.15) is 0 Å².